The van der Waals surface area contributed by atoms with Crippen molar-refractivity contribution in [3.05, 3.63) is 72.3 Å². The molecular weight excluding hydrogens is 248 g/mol. The van der Waals surface area contributed by atoms with Crippen LogP contribution in [-0.2, 0) is 6.54 Å². The van der Waals surface area contributed by atoms with Gasteiger partial charge < -0.3 is 4.57 Å². The number of benzene rings is 1. The Morgan fingerprint density at radius 3 is 2.45 bits per heavy atom. The summed E-state index contributed by atoms with van der Waals surface area (Å²) in [5.41, 5.74) is 2.85. The predicted molar refractivity (Wildman–Crippen MR) is 75.7 cm³/mol. The molecule has 3 rings (SSSR count). The van der Waals surface area contributed by atoms with Crippen LogP contribution in [0.15, 0.2) is 61.2 Å². The molecule has 0 N–H and O–H groups in total. The van der Waals surface area contributed by atoms with Crippen molar-refractivity contribution >= 4 is 0 Å². The topological polar surface area (TPSA) is 54.5 Å². The Hall–Kier alpha value is -2.93. The van der Waals surface area contributed by atoms with Crippen molar-refractivity contribution in [3.8, 4) is 17.5 Å². The third-order valence-electron chi connectivity index (χ3n) is 3.09. The van der Waals surface area contributed by atoms with Gasteiger partial charge in [-0.1, -0.05) is 12.1 Å². The molecule has 4 heteroatoms. The van der Waals surface area contributed by atoms with Crippen molar-refractivity contribution < 1.29 is 0 Å². The fourth-order valence-corrected chi connectivity index (χ4v) is 2.08. The van der Waals surface area contributed by atoms with E-state index >= 15 is 0 Å². The lowest BCUT2D eigenvalue weighted by atomic mass is 10.1. The van der Waals surface area contributed by atoms with Gasteiger partial charge in [-0.2, -0.15) is 5.26 Å². The van der Waals surface area contributed by atoms with E-state index in [1.165, 1.54) is 0 Å². The summed E-state index contributed by atoms with van der Waals surface area (Å²) in [5, 5.41) is 8.81. The summed E-state index contributed by atoms with van der Waals surface area (Å²) >= 11 is 0. The van der Waals surface area contributed by atoms with Gasteiger partial charge in [0, 0.05) is 36.9 Å². The maximum Gasteiger partial charge on any atom is 0.140 e. The molecule has 3 aromatic rings. The molecule has 0 bridgehead atoms. The summed E-state index contributed by atoms with van der Waals surface area (Å²) in [5.74, 6) is 0.914. The summed E-state index contributed by atoms with van der Waals surface area (Å²) in [6, 6.07) is 13.6. The van der Waals surface area contributed by atoms with Crippen LogP contribution in [0.3, 0.4) is 0 Å². The zero-order chi connectivity index (χ0) is 13.8. The van der Waals surface area contributed by atoms with Crippen LogP contribution in [0.1, 0.15) is 11.1 Å². The fraction of sp³-hybridized carbons (Fsp3) is 0.0625. The Labute approximate surface area is 117 Å². The monoisotopic (exact) mass is 260 g/mol. The molecule has 20 heavy (non-hydrogen) atoms. The Morgan fingerprint density at radius 2 is 1.75 bits per heavy atom. The minimum absolute atomic E-state index is 0.675. The van der Waals surface area contributed by atoms with Crippen LogP contribution in [-0.4, -0.2) is 14.5 Å². The molecule has 2 heterocycles. The lowest BCUT2D eigenvalue weighted by Gasteiger charge is -2.08. The van der Waals surface area contributed by atoms with Crippen molar-refractivity contribution in [1.82, 2.24) is 14.5 Å². The molecule has 0 spiro atoms. The van der Waals surface area contributed by atoms with Crippen LogP contribution in [0.5, 0.6) is 0 Å². The van der Waals surface area contributed by atoms with Crippen molar-refractivity contribution in [3.63, 3.8) is 0 Å². The lowest BCUT2D eigenvalue weighted by Crippen LogP contribution is -2.01. The second-order valence-corrected chi connectivity index (χ2v) is 4.42. The van der Waals surface area contributed by atoms with Crippen molar-refractivity contribution in [1.29, 1.82) is 5.26 Å². The van der Waals surface area contributed by atoms with Crippen LogP contribution in [0.4, 0.5) is 0 Å². The van der Waals surface area contributed by atoms with Crippen LogP contribution in [0.25, 0.3) is 11.4 Å². The van der Waals surface area contributed by atoms with Gasteiger partial charge >= 0.3 is 0 Å². The minimum atomic E-state index is 0.675. The maximum absolute atomic E-state index is 8.81. The quantitative estimate of drug-likeness (QED) is 0.727. The zero-order valence-electron chi connectivity index (χ0n) is 10.8. The maximum atomic E-state index is 8.81. The molecule has 0 radical (unpaired) electrons. The van der Waals surface area contributed by atoms with E-state index in [1.807, 2.05) is 42.6 Å². The summed E-state index contributed by atoms with van der Waals surface area (Å²) in [6.45, 7) is 0.726. The molecule has 0 aliphatic carbocycles. The molecule has 0 fully saturated rings. The Morgan fingerprint density at radius 1 is 1.00 bits per heavy atom. The van der Waals surface area contributed by atoms with E-state index in [0.717, 1.165) is 23.5 Å². The highest BCUT2D eigenvalue weighted by atomic mass is 15.1. The summed E-state index contributed by atoms with van der Waals surface area (Å²) in [4.78, 5) is 8.42. The standard InChI is InChI=1S/C16H12N4/c17-11-13-1-3-14(4-2-13)12-20-10-9-19-16(20)15-5-7-18-8-6-15/h1-10H,12H2. The molecule has 0 saturated heterocycles. The summed E-state index contributed by atoms with van der Waals surface area (Å²) in [6.07, 6.45) is 7.26. The van der Waals surface area contributed by atoms with Gasteiger partial charge in [-0.05, 0) is 29.8 Å². The van der Waals surface area contributed by atoms with Crippen LogP contribution < -0.4 is 0 Å². The molecule has 0 unspecified atom stereocenters. The molecule has 2 aromatic heterocycles. The van der Waals surface area contributed by atoms with Gasteiger partial charge in [-0.3, -0.25) is 4.98 Å². The zero-order valence-corrected chi connectivity index (χ0v) is 10.8. The van der Waals surface area contributed by atoms with E-state index in [2.05, 4.69) is 20.6 Å². The van der Waals surface area contributed by atoms with E-state index in [-0.39, 0.29) is 0 Å². The lowest BCUT2D eigenvalue weighted by molar-refractivity contribution is 0.807. The molecular formula is C16H12N4. The fourth-order valence-electron chi connectivity index (χ4n) is 2.08. The SMILES string of the molecule is N#Cc1ccc(Cn2ccnc2-c2ccncc2)cc1. The molecule has 1 aromatic carbocycles. The van der Waals surface area contributed by atoms with Gasteiger partial charge in [0.25, 0.3) is 0 Å². The highest BCUT2D eigenvalue weighted by Gasteiger charge is 2.06. The molecule has 0 saturated carbocycles. The first-order valence-electron chi connectivity index (χ1n) is 6.27. The summed E-state index contributed by atoms with van der Waals surface area (Å²) in [7, 11) is 0. The van der Waals surface area contributed by atoms with Gasteiger partial charge in [-0.15, -0.1) is 0 Å². The number of imidazole rings is 1. The first-order valence-corrected chi connectivity index (χ1v) is 6.27. The van der Waals surface area contributed by atoms with E-state index in [0.29, 0.717) is 5.56 Å². The Balaban J connectivity index is 1.89. The number of rotatable bonds is 3. The molecule has 0 atom stereocenters. The van der Waals surface area contributed by atoms with Gasteiger partial charge in [0.2, 0.25) is 0 Å². The average Bonchev–Trinajstić information content (AvgIpc) is 2.97. The number of hydrogen-bond acceptors (Lipinski definition) is 3. The van der Waals surface area contributed by atoms with Crippen molar-refractivity contribution in [2.45, 2.75) is 6.54 Å². The number of nitriles is 1. The molecule has 0 aliphatic heterocycles. The number of aromatic nitrogens is 3. The Kier molecular flexibility index (Phi) is 3.25. The molecule has 0 aliphatic rings. The first kappa shape index (κ1) is 12.1. The normalized spacial score (nSPS) is 10.2. The van der Waals surface area contributed by atoms with Crippen molar-refractivity contribution in [2.24, 2.45) is 0 Å². The second kappa shape index (κ2) is 5.37. The number of nitrogens with zero attached hydrogens (tertiary/aromatic N) is 4. The smallest absolute Gasteiger partial charge is 0.140 e. The first-order chi connectivity index (χ1) is 9.86. The van der Waals surface area contributed by atoms with E-state index in [9.17, 15) is 0 Å². The van der Waals surface area contributed by atoms with Crippen molar-refractivity contribution in [2.75, 3.05) is 0 Å². The van der Waals surface area contributed by atoms with Crippen LogP contribution in [0.2, 0.25) is 0 Å². The predicted octanol–water partition coefficient (Wildman–Crippen LogP) is 2.87. The van der Waals surface area contributed by atoms with Gasteiger partial charge in [-0.25, -0.2) is 4.98 Å². The highest BCUT2D eigenvalue weighted by Crippen LogP contribution is 2.17. The van der Waals surface area contributed by atoms with E-state index in [4.69, 9.17) is 5.26 Å². The molecule has 4 nitrogen and oxygen atoms in total. The van der Waals surface area contributed by atoms with Gasteiger partial charge in [0.05, 0.1) is 11.6 Å². The number of pyridine rings is 1. The molecule has 0 amide bonds. The van der Waals surface area contributed by atoms with E-state index < -0.39 is 0 Å². The minimum Gasteiger partial charge on any atom is -0.327 e. The van der Waals surface area contributed by atoms with Gasteiger partial charge in [0.1, 0.15) is 5.82 Å². The number of hydrogen-bond donors (Lipinski definition) is 0. The third-order valence-corrected chi connectivity index (χ3v) is 3.09. The third kappa shape index (κ3) is 2.43. The van der Waals surface area contributed by atoms with Gasteiger partial charge in [0.15, 0.2) is 0 Å². The molecule has 96 valence electrons. The van der Waals surface area contributed by atoms with E-state index in [1.54, 1.807) is 18.6 Å². The highest BCUT2D eigenvalue weighted by molar-refractivity contribution is 5.54. The summed E-state index contributed by atoms with van der Waals surface area (Å²) < 4.78 is 2.08. The average molecular weight is 260 g/mol. The largest absolute Gasteiger partial charge is 0.327 e. The van der Waals surface area contributed by atoms with Crippen LogP contribution in [0, 0.1) is 11.3 Å². The van der Waals surface area contributed by atoms with Crippen LogP contribution >= 0.6 is 0 Å². The second-order valence-electron chi connectivity index (χ2n) is 4.42. The Bertz CT molecular complexity index is 736.